The number of nitrogens with two attached hydrogens (primary N) is 1. The summed E-state index contributed by atoms with van der Waals surface area (Å²) in [6, 6.07) is 1.34. The maximum Gasteiger partial charge on any atom is 0.260 e. The zero-order valence-electron chi connectivity index (χ0n) is 6.61. The van der Waals surface area contributed by atoms with Crippen molar-refractivity contribution in [3.63, 3.8) is 0 Å². The molecular weight excluding hydrogens is 204 g/mol. The van der Waals surface area contributed by atoms with Crippen LogP contribution in [0.5, 0.6) is 0 Å². The van der Waals surface area contributed by atoms with E-state index in [2.05, 4.69) is 0 Å². The number of alkyl halides is 2. The van der Waals surface area contributed by atoms with Gasteiger partial charge in [-0.3, -0.25) is 0 Å². The monoisotopic (exact) mass is 213 g/mol. The lowest BCUT2D eigenvalue weighted by Crippen LogP contribution is -2.17. The molecule has 0 bridgehead atoms. The molecule has 0 unspecified atom stereocenters. The van der Waals surface area contributed by atoms with E-state index in [4.69, 9.17) is 15.3 Å². The van der Waals surface area contributed by atoms with Crippen molar-refractivity contribution in [2.75, 3.05) is 0 Å². The highest BCUT2D eigenvalue weighted by atomic mass is 35.5. The van der Waals surface area contributed by atoms with Crippen LogP contribution in [0.2, 0.25) is 0 Å². The fourth-order valence-electron chi connectivity index (χ4n) is 0.783. The van der Waals surface area contributed by atoms with Gasteiger partial charge in [0.25, 0.3) is 6.43 Å². The number of rotatable bonds is 3. The first-order chi connectivity index (χ1) is 5.65. The number of hydrogen-bond donors (Lipinski definition) is 2. The highest BCUT2D eigenvalue weighted by molar-refractivity contribution is 5.85. The minimum atomic E-state index is -2.65. The molecule has 0 aliphatic carbocycles. The van der Waals surface area contributed by atoms with Gasteiger partial charge in [0, 0.05) is 0 Å². The molecule has 0 aliphatic heterocycles. The Labute approximate surface area is 79.9 Å². The minimum Gasteiger partial charge on any atom is -0.462 e. The lowest BCUT2D eigenvalue weighted by Gasteiger charge is -2.05. The Morgan fingerprint density at radius 2 is 2.08 bits per heavy atom. The molecule has 1 aromatic rings. The van der Waals surface area contributed by atoms with Gasteiger partial charge in [-0.1, -0.05) is 0 Å². The first-order valence-electron chi connectivity index (χ1n) is 3.38. The summed E-state index contributed by atoms with van der Waals surface area (Å²) < 4.78 is 28.8. The van der Waals surface area contributed by atoms with E-state index in [1.807, 2.05) is 0 Å². The summed E-state index contributed by atoms with van der Waals surface area (Å²) in [6.07, 6.45) is -2.65. The molecule has 3 nitrogen and oxygen atoms in total. The van der Waals surface area contributed by atoms with Crippen molar-refractivity contribution < 1.29 is 18.3 Å². The van der Waals surface area contributed by atoms with E-state index in [9.17, 15) is 8.78 Å². The molecule has 1 aromatic heterocycles. The van der Waals surface area contributed by atoms with Gasteiger partial charge in [0.2, 0.25) is 0 Å². The zero-order valence-corrected chi connectivity index (χ0v) is 7.43. The summed E-state index contributed by atoms with van der Waals surface area (Å²) in [5.41, 5.74) is 5.08. The maximum atomic E-state index is 12.0. The lowest BCUT2D eigenvalue weighted by atomic mass is 10.2. The second kappa shape index (κ2) is 5.16. The number of aliphatic hydroxyl groups is 1. The summed E-state index contributed by atoms with van der Waals surface area (Å²) in [6.45, 7) is -0.310. The Bertz CT molecular complexity index is 254. The number of aliphatic hydroxyl groups excluding tert-OH is 1. The fraction of sp³-hybridized carbons (Fsp3) is 0.429. The number of furan rings is 1. The van der Waals surface area contributed by atoms with Crippen LogP contribution in [-0.4, -0.2) is 11.5 Å². The molecule has 1 heterocycles. The fourth-order valence-corrected chi connectivity index (χ4v) is 0.783. The molecule has 0 saturated heterocycles. The third-order valence-corrected chi connectivity index (χ3v) is 1.44. The van der Waals surface area contributed by atoms with E-state index in [0.717, 1.165) is 0 Å². The van der Waals surface area contributed by atoms with Gasteiger partial charge in [-0.25, -0.2) is 8.78 Å². The van der Waals surface area contributed by atoms with Crippen molar-refractivity contribution in [1.29, 1.82) is 0 Å². The predicted molar refractivity (Wildman–Crippen MR) is 44.8 cm³/mol. The quantitative estimate of drug-likeness (QED) is 0.799. The smallest absolute Gasteiger partial charge is 0.260 e. The van der Waals surface area contributed by atoms with Gasteiger partial charge in [0.1, 0.15) is 24.2 Å². The second-order valence-corrected chi connectivity index (χ2v) is 2.32. The summed E-state index contributed by atoms with van der Waals surface area (Å²) in [4.78, 5) is 0. The van der Waals surface area contributed by atoms with Gasteiger partial charge in [-0.15, -0.1) is 12.4 Å². The highest BCUT2D eigenvalue weighted by Gasteiger charge is 2.20. The Kier molecular flexibility index (Phi) is 4.90. The van der Waals surface area contributed by atoms with Crippen molar-refractivity contribution in [2.45, 2.75) is 19.1 Å². The molecule has 1 rings (SSSR count). The molecule has 1 atom stereocenters. The largest absolute Gasteiger partial charge is 0.462 e. The van der Waals surface area contributed by atoms with Crippen LogP contribution in [0.15, 0.2) is 16.5 Å². The third-order valence-electron chi connectivity index (χ3n) is 1.44. The predicted octanol–water partition coefficient (Wildman–Crippen LogP) is 1.46. The molecule has 3 N–H and O–H groups in total. The Balaban J connectivity index is 0.00000144. The number of hydrogen-bond acceptors (Lipinski definition) is 3. The van der Waals surface area contributed by atoms with E-state index in [1.54, 1.807) is 0 Å². The van der Waals surface area contributed by atoms with Gasteiger partial charge in [0.05, 0.1) is 0 Å². The van der Waals surface area contributed by atoms with Gasteiger partial charge >= 0.3 is 0 Å². The SMILES string of the molecule is Cl.N[C@H](c1ccc(CO)o1)C(F)F. The molecule has 0 spiro atoms. The van der Waals surface area contributed by atoms with Crippen molar-refractivity contribution >= 4 is 12.4 Å². The van der Waals surface area contributed by atoms with Crippen LogP contribution in [0.1, 0.15) is 17.6 Å². The normalized spacial score (nSPS) is 12.7. The second-order valence-electron chi connectivity index (χ2n) is 2.32. The summed E-state index contributed by atoms with van der Waals surface area (Å²) in [5.74, 6) is 0.232. The topological polar surface area (TPSA) is 59.4 Å². The molecule has 0 fully saturated rings. The molecule has 76 valence electrons. The average molecular weight is 214 g/mol. The maximum absolute atomic E-state index is 12.0. The van der Waals surface area contributed by atoms with Crippen molar-refractivity contribution in [3.8, 4) is 0 Å². The zero-order chi connectivity index (χ0) is 9.14. The molecule has 0 radical (unpaired) electrons. The van der Waals surface area contributed by atoms with Crippen molar-refractivity contribution in [1.82, 2.24) is 0 Å². The van der Waals surface area contributed by atoms with Crippen LogP contribution < -0.4 is 5.73 Å². The van der Waals surface area contributed by atoms with E-state index in [1.165, 1.54) is 12.1 Å². The Hall–Kier alpha value is -0.650. The van der Waals surface area contributed by atoms with Crippen LogP contribution in [0.3, 0.4) is 0 Å². The van der Waals surface area contributed by atoms with Gasteiger partial charge < -0.3 is 15.3 Å². The van der Waals surface area contributed by atoms with Crippen LogP contribution in [0, 0.1) is 0 Å². The summed E-state index contributed by atoms with van der Waals surface area (Å²) in [7, 11) is 0. The standard InChI is InChI=1S/C7H9F2NO2.ClH/c8-7(9)6(10)5-2-1-4(3-11)12-5;/h1-2,6-7,11H,3,10H2;1H/t6-;/m1./s1. The molecular formula is C7H10ClF2NO2. The minimum absolute atomic E-state index is 0. The number of halogens is 3. The molecule has 0 aliphatic rings. The van der Waals surface area contributed by atoms with Crippen LogP contribution in [-0.2, 0) is 6.61 Å². The average Bonchev–Trinajstić information content (AvgIpc) is 2.50. The van der Waals surface area contributed by atoms with Gasteiger partial charge in [-0.2, -0.15) is 0 Å². The van der Waals surface area contributed by atoms with E-state index >= 15 is 0 Å². The highest BCUT2D eigenvalue weighted by Crippen LogP contribution is 2.20. The molecule has 13 heavy (non-hydrogen) atoms. The van der Waals surface area contributed by atoms with Gasteiger partial charge in [-0.05, 0) is 12.1 Å². The lowest BCUT2D eigenvalue weighted by molar-refractivity contribution is 0.104. The Morgan fingerprint density at radius 3 is 2.46 bits per heavy atom. The van der Waals surface area contributed by atoms with E-state index in [-0.39, 0.29) is 30.5 Å². The van der Waals surface area contributed by atoms with Gasteiger partial charge in [0.15, 0.2) is 0 Å². The summed E-state index contributed by atoms with van der Waals surface area (Å²) >= 11 is 0. The van der Waals surface area contributed by atoms with Crippen LogP contribution >= 0.6 is 12.4 Å². The third kappa shape index (κ3) is 2.95. The molecule has 0 aromatic carbocycles. The van der Waals surface area contributed by atoms with E-state index < -0.39 is 12.5 Å². The van der Waals surface area contributed by atoms with Crippen LogP contribution in [0.4, 0.5) is 8.78 Å². The van der Waals surface area contributed by atoms with E-state index in [0.29, 0.717) is 0 Å². The van der Waals surface area contributed by atoms with Crippen molar-refractivity contribution in [2.24, 2.45) is 5.73 Å². The summed E-state index contributed by atoms with van der Waals surface area (Å²) in [5, 5.41) is 8.55. The molecule has 0 amide bonds. The first kappa shape index (κ1) is 12.3. The molecule has 0 saturated carbocycles. The van der Waals surface area contributed by atoms with Crippen LogP contribution in [0.25, 0.3) is 0 Å². The van der Waals surface area contributed by atoms with Crippen molar-refractivity contribution in [3.05, 3.63) is 23.7 Å². The Morgan fingerprint density at radius 1 is 1.46 bits per heavy atom. The first-order valence-corrected chi connectivity index (χ1v) is 3.38. The molecule has 6 heteroatoms.